The van der Waals surface area contributed by atoms with Gasteiger partial charge in [-0.3, -0.25) is 9.78 Å². The monoisotopic (exact) mass is 192 g/mol. The van der Waals surface area contributed by atoms with Gasteiger partial charge in [0.2, 0.25) is 5.91 Å². The van der Waals surface area contributed by atoms with Crippen LogP contribution in [-0.4, -0.2) is 28.5 Å². The molecule has 0 radical (unpaired) electrons. The zero-order valence-corrected chi connectivity index (χ0v) is 7.73. The minimum absolute atomic E-state index is 0.135. The molecule has 0 bridgehead atoms. The van der Waals surface area contributed by atoms with Gasteiger partial charge in [-0.15, -0.1) is 0 Å². The number of amides is 1. The van der Waals surface area contributed by atoms with Crippen LogP contribution in [0, 0.1) is 0 Å². The number of hydrogen-bond donors (Lipinski definition) is 2. The maximum atomic E-state index is 10.9. The van der Waals surface area contributed by atoms with Crippen LogP contribution in [0.15, 0.2) is 18.6 Å². The van der Waals surface area contributed by atoms with Crippen molar-refractivity contribution in [2.75, 3.05) is 11.9 Å². The van der Waals surface area contributed by atoms with Crippen molar-refractivity contribution in [2.24, 2.45) is 0 Å². The summed E-state index contributed by atoms with van der Waals surface area (Å²) < 4.78 is 0. The van der Waals surface area contributed by atoms with Crippen molar-refractivity contribution < 1.29 is 4.79 Å². The van der Waals surface area contributed by atoms with Gasteiger partial charge < -0.3 is 10.6 Å². The van der Waals surface area contributed by atoms with E-state index in [1.54, 1.807) is 18.6 Å². The van der Waals surface area contributed by atoms with Gasteiger partial charge in [0, 0.05) is 31.4 Å². The molecule has 0 saturated carbocycles. The number of nitrogens with one attached hydrogen (secondary N) is 2. The first kappa shape index (κ1) is 8.93. The van der Waals surface area contributed by atoms with Crippen LogP contribution in [0.1, 0.15) is 12.8 Å². The molecule has 1 amide bonds. The van der Waals surface area contributed by atoms with Gasteiger partial charge >= 0.3 is 0 Å². The molecule has 1 aromatic rings. The number of carbonyl (C=O) groups is 1. The van der Waals surface area contributed by atoms with Crippen LogP contribution in [0.25, 0.3) is 0 Å². The second kappa shape index (κ2) is 4.04. The fourth-order valence-electron chi connectivity index (χ4n) is 1.45. The molecule has 1 saturated heterocycles. The Balaban J connectivity index is 1.80. The van der Waals surface area contributed by atoms with Gasteiger partial charge in [0.25, 0.3) is 0 Å². The van der Waals surface area contributed by atoms with E-state index >= 15 is 0 Å². The summed E-state index contributed by atoms with van der Waals surface area (Å²) in [6, 6.07) is 0.226. The SMILES string of the molecule is O=C1CCC(CNc2cnccn2)N1. The van der Waals surface area contributed by atoms with Crippen LogP contribution >= 0.6 is 0 Å². The van der Waals surface area contributed by atoms with E-state index in [0.717, 1.165) is 12.2 Å². The summed E-state index contributed by atoms with van der Waals surface area (Å²) in [5.41, 5.74) is 0. The Hall–Kier alpha value is -1.65. The summed E-state index contributed by atoms with van der Waals surface area (Å²) in [7, 11) is 0. The standard InChI is InChI=1S/C9H12N4O/c14-9-2-1-7(13-9)5-12-8-6-10-3-4-11-8/h3-4,6-7H,1-2,5H2,(H,11,12)(H,13,14). The third kappa shape index (κ3) is 2.18. The van der Waals surface area contributed by atoms with Crippen molar-refractivity contribution in [2.45, 2.75) is 18.9 Å². The number of nitrogens with zero attached hydrogens (tertiary/aromatic N) is 2. The molecule has 1 aliphatic rings. The zero-order valence-electron chi connectivity index (χ0n) is 7.73. The molecule has 0 spiro atoms. The number of hydrogen-bond acceptors (Lipinski definition) is 4. The molecule has 1 atom stereocenters. The molecule has 74 valence electrons. The highest BCUT2D eigenvalue weighted by molar-refractivity contribution is 5.78. The van der Waals surface area contributed by atoms with Crippen LogP contribution in [-0.2, 0) is 4.79 Å². The predicted octanol–water partition coefficient (Wildman–Crippen LogP) is 0.167. The third-order valence-corrected chi connectivity index (χ3v) is 2.18. The van der Waals surface area contributed by atoms with E-state index in [1.807, 2.05) is 0 Å². The normalized spacial score (nSPS) is 20.6. The Morgan fingerprint density at radius 1 is 1.57 bits per heavy atom. The summed E-state index contributed by atoms with van der Waals surface area (Å²) in [5.74, 6) is 0.879. The molecule has 0 aromatic carbocycles. The van der Waals surface area contributed by atoms with Crippen LogP contribution in [0.3, 0.4) is 0 Å². The number of rotatable bonds is 3. The maximum Gasteiger partial charge on any atom is 0.220 e. The predicted molar refractivity (Wildman–Crippen MR) is 51.7 cm³/mol. The minimum Gasteiger partial charge on any atom is -0.367 e. The highest BCUT2D eigenvalue weighted by atomic mass is 16.1. The molecule has 5 nitrogen and oxygen atoms in total. The van der Waals surface area contributed by atoms with Gasteiger partial charge in [-0.05, 0) is 6.42 Å². The highest BCUT2D eigenvalue weighted by Crippen LogP contribution is 2.07. The van der Waals surface area contributed by atoms with Crippen LogP contribution in [0.4, 0.5) is 5.82 Å². The second-order valence-corrected chi connectivity index (χ2v) is 3.27. The lowest BCUT2D eigenvalue weighted by Gasteiger charge is -2.10. The summed E-state index contributed by atoms with van der Waals surface area (Å²) in [5, 5.41) is 5.99. The highest BCUT2D eigenvalue weighted by Gasteiger charge is 2.19. The van der Waals surface area contributed by atoms with Crippen molar-refractivity contribution >= 4 is 11.7 Å². The lowest BCUT2D eigenvalue weighted by Crippen LogP contribution is -2.31. The van der Waals surface area contributed by atoms with Gasteiger partial charge in [-0.1, -0.05) is 0 Å². The van der Waals surface area contributed by atoms with E-state index in [4.69, 9.17) is 0 Å². The Kier molecular flexibility index (Phi) is 2.58. The summed E-state index contributed by atoms with van der Waals surface area (Å²) in [6.45, 7) is 0.713. The molecule has 2 heterocycles. The molecule has 2 N–H and O–H groups in total. The van der Waals surface area contributed by atoms with E-state index in [9.17, 15) is 4.79 Å². The molecule has 0 aliphatic carbocycles. The number of anilines is 1. The minimum atomic E-state index is 0.135. The average molecular weight is 192 g/mol. The summed E-state index contributed by atoms with van der Waals surface area (Å²) in [6.07, 6.45) is 6.45. The van der Waals surface area contributed by atoms with Crippen LogP contribution < -0.4 is 10.6 Å². The van der Waals surface area contributed by atoms with Crippen molar-refractivity contribution in [1.82, 2.24) is 15.3 Å². The fraction of sp³-hybridized carbons (Fsp3) is 0.444. The Labute approximate surface area is 82.0 Å². The van der Waals surface area contributed by atoms with Crippen LogP contribution in [0.5, 0.6) is 0 Å². The van der Waals surface area contributed by atoms with Gasteiger partial charge in [-0.2, -0.15) is 0 Å². The molecule has 1 aromatic heterocycles. The largest absolute Gasteiger partial charge is 0.367 e. The Morgan fingerprint density at radius 2 is 2.50 bits per heavy atom. The number of carbonyl (C=O) groups excluding carboxylic acids is 1. The number of aromatic nitrogens is 2. The second-order valence-electron chi connectivity index (χ2n) is 3.27. The Morgan fingerprint density at radius 3 is 3.14 bits per heavy atom. The molecule has 1 aliphatic heterocycles. The molecule has 1 fully saturated rings. The summed E-state index contributed by atoms with van der Waals surface area (Å²) >= 11 is 0. The topological polar surface area (TPSA) is 66.9 Å². The fourth-order valence-corrected chi connectivity index (χ4v) is 1.45. The maximum absolute atomic E-state index is 10.9. The Bertz CT molecular complexity index is 314. The van der Waals surface area contributed by atoms with E-state index in [2.05, 4.69) is 20.6 Å². The van der Waals surface area contributed by atoms with E-state index in [0.29, 0.717) is 13.0 Å². The van der Waals surface area contributed by atoms with Crippen LogP contribution in [0.2, 0.25) is 0 Å². The molecule has 1 unspecified atom stereocenters. The van der Waals surface area contributed by atoms with Gasteiger partial charge in [0.05, 0.1) is 6.20 Å². The lowest BCUT2D eigenvalue weighted by atomic mass is 10.2. The first-order chi connectivity index (χ1) is 6.84. The van der Waals surface area contributed by atoms with Gasteiger partial charge in [0.1, 0.15) is 5.82 Å². The summed E-state index contributed by atoms with van der Waals surface area (Å²) in [4.78, 5) is 18.9. The molecular weight excluding hydrogens is 180 g/mol. The van der Waals surface area contributed by atoms with E-state index in [1.165, 1.54) is 0 Å². The van der Waals surface area contributed by atoms with Gasteiger partial charge in [0.15, 0.2) is 0 Å². The molecular formula is C9H12N4O. The van der Waals surface area contributed by atoms with E-state index in [-0.39, 0.29) is 11.9 Å². The first-order valence-corrected chi connectivity index (χ1v) is 4.64. The molecule has 2 rings (SSSR count). The van der Waals surface area contributed by atoms with Crippen molar-refractivity contribution in [3.63, 3.8) is 0 Å². The molecule has 5 heteroatoms. The van der Waals surface area contributed by atoms with Crippen molar-refractivity contribution in [3.8, 4) is 0 Å². The van der Waals surface area contributed by atoms with E-state index < -0.39 is 0 Å². The van der Waals surface area contributed by atoms with Crippen molar-refractivity contribution in [1.29, 1.82) is 0 Å². The molecule has 14 heavy (non-hydrogen) atoms. The quantitative estimate of drug-likeness (QED) is 0.716. The average Bonchev–Trinajstić information content (AvgIpc) is 2.63. The first-order valence-electron chi connectivity index (χ1n) is 4.64. The van der Waals surface area contributed by atoms with Crippen molar-refractivity contribution in [3.05, 3.63) is 18.6 Å². The zero-order chi connectivity index (χ0) is 9.80. The lowest BCUT2D eigenvalue weighted by molar-refractivity contribution is -0.119. The third-order valence-electron chi connectivity index (χ3n) is 2.18. The van der Waals surface area contributed by atoms with Gasteiger partial charge in [-0.25, -0.2) is 4.98 Å². The smallest absolute Gasteiger partial charge is 0.220 e.